The molecular formula is C15H17FO. The van der Waals surface area contributed by atoms with Crippen molar-refractivity contribution in [2.45, 2.75) is 38.8 Å². The number of halogens is 1. The minimum Gasteiger partial charge on any atom is -0.296 e. The smallest absolute Gasteiger partial charge is 0.183 e. The first-order valence-corrected chi connectivity index (χ1v) is 6.08. The molecule has 0 aliphatic heterocycles. The summed E-state index contributed by atoms with van der Waals surface area (Å²) in [6.07, 6.45) is 5.47. The molecular weight excluding hydrogens is 215 g/mol. The van der Waals surface area contributed by atoms with Crippen molar-refractivity contribution in [1.29, 1.82) is 0 Å². The molecule has 0 N–H and O–H groups in total. The van der Waals surface area contributed by atoms with E-state index in [0.29, 0.717) is 5.56 Å². The van der Waals surface area contributed by atoms with Gasteiger partial charge in [-0.2, -0.15) is 0 Å². The third-order valence-electron chi connectivity index (χ3n) is 3.25. The minimum atomic E-state index is -1.48. The maximum Gasteiger partial charge on any atom is 0.183 e. The van der Waals surface area contributed by atoms with Gasteiger partial charge in [-0.1, -0.05) is 35.9 Å². The Bertz CT molecular complexity index is 425. The summed E-state index contributed by atoms with van der Waals surface area (Å²) in [4.78, 5) is 10.9. The second-order valence-electron chi connectivity index (χ2n) is 4.63. The van der Waals surface area contributed by atoms with E-state index in [1.807, 2.05) is 12.1 Å². The lowest BCUT2D eigenvalue weighted by atomic mass is 9.91. The van der Waals surface area contributed by atoms with Gasteiger partial charge in [-0.3, -0.25) is 4.79 Å². The van der Waals surface area contributed by atoms with Gasteiger partial charge in [-0.25, -0.2) is 4.39 Å². The van der Waals surface area contributed by atoms with Crippen LogP contribution in [0.1, 0.15) is 43.5 Å². The third kappa shape index (κ3) is 3.02. The van der Waals surface area contributed by atoms with Crippen molar-refractivity contribution in [3.05, 3.63) is 47.0 Å². The number of hydrogen-bond acceptors (Lipinski definition) is 1. The fourth-order valence-electron chi connectivity index (χ4n) is 1.90. The largest absolute Gasteiger partial charge is 0.296 e. The Balaban J connectivity index is 1.99. The summed E-state index contributed by atoms with van der Waals surface area (Å²) >= 11 is 0. The fraction of sp³-hybridized carbons (Fsp3) is 0.400. The zero-order valence-corrected chi connectivity index (χ0v) is 10.1. The lowest BCUT2D eigenvalue weighted by Crippen LogP contribution is -2.02. The normalized spacial score (nSPS) is 16.2. The Morgan fingerprint density at radius 2 is 2.00 bits per heavy atom. The molecule has 0 amide bonds. The summed E-state index contributed by atoms with van der Waals surface area (Å²) in [5, 5.41) is 0. The van der Waals surface area contributed by atoms with Gasteiger partial charge in [0.15, 0.2) is 12.0 Å². The molecule has 0 aromatic heterocycles. The summed E-state index contributed by atoms with van der Waals surface area (Å²) in [5.74, 6) is -0.436. The van der Waals surface area contributed by atoms with E-state index in [1.165, 1.54) is 37.3 Å². The highest BCUT2D eigenvalue weighted by Crippen LogP contribution is 2.26. The summed E-state index contributed by atoms with van der Waals surface area (Å²) in [7, 11) is 0. The van der Waals surface area contributed by atoms with E-state index in [1.54, 1.807) is 12.1 Å². The van der Waals surface area contributed by atoms with Crippen molar-refractivity contribution >= 4 is 5.78 Å². The molecule has 1 fully saturated rings. The van der Waals surface area contributed by atoms with Gasteiger partial charge < -0.3 is 0 Å². The van der Waals surface area contributed by atoms with Crippen molar-refractivity contribution in [3.8, 4) is 0 Å². The number of ketones is 1. The van der Waals surface area contributed by atoms with Crippen LogP contribution in [0.2, 0.25) is 0 Å². The SMILES string of the molecule is CC(=O)C(F)c1ccc(CC=C2CCC2)cc1. The number of hydrogen-bond donors (Lipinski definition) is 0. The Kier molecular flexibility index (Phi) is 3.72. The molecule has 0 spiro atoms. The second-order valence-corrected chi connectivity index (χ2v) is 4.63. The van der Waals surface area contributed by atoms with Crippen LogP contribution in [0.4, 0.5) is 4.39 Å². The van der Waals surface area contributed by atoms with Crippen molar-refractivity contribution in [2.75, 3.05) is 0 Å². The van der Waals surface area contributed by atoms with Gasteiger partial charge in [0.2, 0.25) is 0 Å². The van der Waals surface area contributed by atoms with Crippen LogP contribution in [0.3, 0.4) is 0 Å². The molecule has 0 heterocycles. The predicted molar refractivity (Wildman–Crippen MR) is 66.6 cm³/mol. The molecule has 0 bridgehead atoms. The number of benzene rings is 1. The predicted octanol–water partition coefficient (Wildman–Crippen LogP) is 3.94. The topological polar surface area (TPSA) is 17.1 Å². The van der Waals surface area contributed by atoms with Gasteiger partial charge in [0.05, 0.1) is 0 Å². The maximum absolute atomic E-state index is 13.4. The van der Waals surface area contributed by atoms with Crippen molar-refractivity contribution in [3.63, 3.8) is 0 Å². The molecule has 1 nitrogen and oxygen atoms in total. The highest BCUT2D eigenvalue weighted by Gasteiger charge is 2.14. The van der Waals surface area contributed by atoms with Gasteiger partial charge >= 0.3 is 0 Å². The quantitative estimate of drug-likeness (QED) is 0.719. The van der Waals surface area contributed by atoms with E-state index >= 15 is 0 Å². The van der Waals surface area contributed by atoms with Crippen LogP contribution in [-0.4, -0.2) is 5.78 Å². The Morgan fingerprint density at radius 1 is 1.35 bits per heavy atom. The molecule has 1 aromatic carbocycles. The average Bonchev–Trinajstić information content (AvgIpc) is 2.27. The van der Waals surface area contributed by atoms with Crippen molar-refractivity contribution in [2.24, 2.45) is 0 Å². The molecule has 1 saturated carbocycles. The van der Waals surface area contributed by atoms with Gasteiger partial charge in [0.1, 0.15) is 0 Å². The number of alkyl halides is 1. The number of carbonyl (C=O) groups excluding carboxylic acids is 1. The first-order valence-electron chi connectivity index (χ1n) is 6.08. The number of rotatable bonds is 4. The first kappa shape index (κ1) is 12.0. The molecule has 2 heteroatoms. The van der Waals surface area contributed by atoms with E-state index in [0.717, 1.165) is 6.42 Å². The molecule has 1 aromatic rings. The van der Waals surface area contributed by atoms with Gasteiger partial charge in [0, 0.05) is 0 Å². The summed E-state index contributed by atoms with van der Waals surface area (Å²) in [6.45, 7) is 1.28. The highest BCUT2D eigenvalue weighted by molar-refractivity contribution is 5.81. The average molecular weight is 232 g/mol. The maximum atomic E-state index is 13.4. The Morgan fingerprint density at radius 3 is 2.47 bits per heavy atom. The molecule has 1 atom stereocenters. The number of carbonyl (C=O) groups is 1. The van der Waals surface area contributed by atoms with Gasteiger partial charge in [-0.15, -0.1) is 0 Å². The summed E-state index contributed by atoms with van der Waals surface area (Å²) in [6, 6.07) is 7.22. The Labute approximate surface area is 101 Å². The summed E-state index contributed by atoms with van der Waals surface area (Å²) < 4.78 is 13.4. The molecule has 17 heavy (non-hydrogen) atoms. The van der Waals surface area contributed by atoms with E-state index in [9.17, 15) is 9.18 Å². The summed E-state index contributed by atoms with van der Waals surface area (Å²) in [5.41, 5.74) is 3.16. The molecule has 1 aliphatic carbocycles. The molecule has 90 valence electrons. The molecule has 1 aliphatic rings. The molecule has 2 rings (SSSR count). The van der Waals surface area contributed by atoms with Gasteiger partial charge in [0.25, 0.3) is 0 Å². The van der Waals surface area contributed by atoms with E-state index in [2.05, 4.69) is 6.08 Å². The van der Waals surface area contributed by atoms with Crippen LogP contribution >= 0.6 is 0 Å². The monoisotopic (exact) mass is 232 g/mol. The van der Waals surface area contributed by atoms with Crippen LogP contribution in [0.15, 0.2) is 35.9 Å². The third-order valence-corrected chi connectivity index (χ3v) is 3.25. The van der Waals surface area contributed by atoms with Crippen molar-refractivity contribution in [1.82, 2.24) is 0 Å². The molecule has 0 saturated heterocycles. The second kappa shape index (κ2) is 5.26. The van der Waals surface area contributed by atoms with Crippen LogP contribution in [0, 0.1) is 0 Å². The van der Waals surface area contributed by atoms with Crippen molar-refractivity contribution < 1.29 is 9.18 Å². The van der Waals surface area contributed by atoms with Crippen LogP contribution in [0.25, 0.3) is 0 Å². The molecule has 1 unspecified atom stereocenters. The lowest BCUT2D eigenvalue weighted by molar-refractivity contribution is -0.121. The number of allylic oxidation sites excluding steroid dienone is 2. The van der Waals surface area contributed by atoms with Crippen LogP contribution < -0.4 is 0 Å². The van der Waals surface area contributed by atoms with E-state index < -0.39 is 12.0 Å². The van der Waals surface area contributed by atoms with E-state index in [-0.39, 0.29) is 0 Å². The van der Waals surface area contributed by atoms with Crippen LogP contribution in [-0.2, 0) is 11.2 Å². The van der Waals surface area contributed by atoms with E-state index in [4.69, 9.17) is 0 Å². The zero-order chi connectivity index (χ0) is 12.3. The molecule has 0 radical (unpaired) electrons. The van der Waals surface area contributed by atoms with Crippen LogP contribution in [0.5, 0.6) is 0 Å². The highest BCUT2D eigenvalue weighted by atomic mass is 19.1. The first-order chi connectivity index (χ1) is 8.16. The Hall–Kier alpha value is -1.44. The standard InChI is InChI=1S/C15H17FO/c1-11(17)15(16)14-9-7-13(8-10-14)6-5-12-3-2-4-12/h5,7-10,15H,2-4,6H2,1H3. The fourth-order valence-corrected chi connectivity index (χ4v) is 1.90. The minimum absolute atomic E-state index is 0.436. The lowest BCUT2D eigenvalue weighted by Gasteiger charge is -2.15. The number of Topliss-reactive ketones (excluding diaryl/α,β-unsaturated/α-hetero) is 1. The van der Waals surface area contributed by atoms with Gasteiger partial charge in [-0.05, 0) is 43.7 Å². The zero-order valence-electron chi connectivity index (χ0n) is 10.1.